The van der Waals surface area contributed by atoms with Crippen LogP contribution in [0.4, 0.5) is 4.39 Å². The van der Waals surface area contributed by atoms with Crippen molar-refractivity contribution in [1.82, 2.24) is 4.98 Å². The van der Waals surface area contributed by atoms with Crippen LogP contribution in [0.1, 0.15) is 11.1 Å². The molecule has 1 aromatic carbocycles. The molecule has 20 heavy (non-hydrogen) atoms. The molecule has 0 spiro atoms. The fourth-order valence-corrected chi connectivity index (χ4v) is 1.58. The van der Waals surface area contributed by atoms with Gasteiger partial charge in [0.05, 0.1) is 6.20 Å². The van der Waals surface area contributed by atoms with Gasteiger partial charge < -0.3 is 9.84 Å². The maximum atomic E-state index is 13.0. The van der Waals surface area contributed by atoms with Crippen LogP contribution in [0.2, 0.25) is 0 Å². The van der Waals surface area contributed by atoms with Crippen LogP contribution in [0.5, 0.6) is 5.75 Å². The largest absolute Gasteiger partial charge is 0.489 e. The normalized spacial score (nSPS) is 10.7. The van der Waals surface area contributed by atoms with Gasteiger partial charge in [-0.1, -0.05) is 12.1 Å². The highest BCUT2D eigenvalue weighted by Crippen LogP contribution is 2.16. The molecule has 0 unspecified atom stereocenters. The van der Waals surface area contributed by atoms with Gasteiger partial charge >= 0.3 is 5.97 Å². The lowest BCUT2D eigenvalue weighted by molar-refractivity contribution is -0.131. The van der Waals surface area contributed by atoms with Crippen molar-refractivity contribution in [3.05, 3.63) is 65.7 Å². The minimum atomic E-state index is -1.01. The van der Waals surface area contributed by atoms with Crippen molar-refractivity contribution in [3.63, 3.8) is 0 Å². The molecule has 0 saturated heterocycles. The number of rotatable bonds is 5. The van der Waals surface area contributed by atoms with E-state index in [1.54, 1.807) is 24.3 Å². The highest BCUT2D eigenvalue weighted by atomic mass is 19.1. The van der Waals surface area contributed by atoms with Gasteiger partial charge in [-0.25, -0.2) is 9.18 Å². The molecule has 2 aromatic rings. The van der Waals surface area contributed by atoms with Crippen LogP contribution in [0, 0.1) is 5.82 Å². The maximum absolute atomic E-state index is 13.0. The second-order valence-electron chi connectivity index (χ2n) is 4.04. The van der Waals surface area contributed by atoms with E-state index in [4.69, 9.17) is 9.84 Å². The van der Waals surface area contributed by atoms with Crippen LogP contribution < -0.4 is 4.74 Å². The van der Waals surface area contributed by atoms with Gasteiger partial charge in [0.15, 0.2) is 0 Å². The first-order valence-electron chi connectivity index (χ1n) is 5.87. The Morgan fingerprint density at radius 1 is 1.35 bits per heavy atom. The summed E-state index contributed by atoms with van der Waals surface area (Å²) in [6.45, 7) is 0.191. The van der Waals surface area contributed by atoms with E-state index in [1.165, 1.54) is 18.3 Å². The van der Waals surface area contributed by atoms with Gasteiger partial charge in [-0.05, 0) is 29.8 Å². The molecular weight excluding hydrogens is 261 g/mol. The second kappa shape index (κ2) is 6.47. The topological polar surface area (TPSA) is 59.4 Å². The number of pyridine rings is 1. The van der Waals surface area contributed by atoms with Gasteiger partial charge in [-0.15, -0.1) is 0 Å². The number of aliphatic carboxylic acids is 1. The molecule has 1 heterocycles. The van der Waals surface area contributed by atoms with Crippen molar-refractivity contribution in [2.45, 2.75) is 6.61 Å². The van der Waals surface area contributed by atoms with Crippen LogP contribution in [0.15, 0.2) is 48.8 Å². The summed E-state index contributed by atoms with van der Waals surface area (Å²) in [4.78, 5) is 14.2. The third-order valence-electron chi connectivity index (χ3n) is 2.44. The van der Waals surface area contributed by atoms with Crippen molar-refractivity contribution in [2.24, 2.45) is 0 Å². The zero-order valence-electron chi connectivity index (χ0n) is 10.5. The number of benzene rings is 1. The van der Waals surface area contributed by atoms with Crippen molar-refractivity contribution < 1.29 is 19.0 Å². The molecule has 5 heteroatoms. The van der Waals surface area contributed by atoms with Crippen LogP contribution in [-0.4, -0.2) is 16.1 Å². The minimum Gasteiger partial charge on any atom is -0.489 e. The molecule has 0 aliphatic carbocycles. The summed E-state index contributed by atoms with van der Waals surface area (Å²) >= 11 is 0. The minimum absolute atomic E-state index is 0.191. The number of carboxylic acid groups (broad SMARTS) is 1. The van der Waals surface area contributed by atoms with Crippen LogP contribution in [0.3, 0.4) is 0 Å². The van der Waals surface area contributed by atoms with E-state index in [0.717, 1.165) is 12.3 Å². The van der Waals surface area contributed by atoms with Gasteiger partial charge in [0.2, 0.25) is 0 Å². The van der Waals surface area contributed by atoms with Gasteiger partial charge in [0.25, 0.3) is 0 Å². The first-order valence-corrected chi connectivity index (χ1v) is 5.87. The van der Waals surface area contributed by atoms with Gasteiger partial charge in [0.1, 0.15) is 18.2 Å². The molecule has 1 aromatic heterocycles. The van der Waals surface area contributed by atoms with Crippen LogP contribution in [0.25, 0.3) is 6.08 Å². The molecule has 0 aliphatic rings. The standard InChI is InChI=1S/C15H12FNO3/c16-13-6-12(8-17-9-13)10-20-14-3-1-2-11(7-14)4-5-15(18)19/h1-9H,10H2,(H,18,19)/b5-4+. The Hall–Kier alpha value is -2.69. The fraction of sp³-hybridized carbons (Fsp3) is 0.0667. The third kappa shape index (κ3) is 4.20. The Morgan fingerprint density at radius 3 is 2.95 bits per heavy atom. The average molecular weight is 273 g/mol. The van der Waals surface area contributed by atoms with Gasteiger partial charge in [-0.3, -0.25) is 4.98 Å². The summed E-state index contributed by atoms with van der Waals surface area (Å²) in [6.07, 6.45) is 5.17. The fourth-order valence-electron chi connectivity index (χ4n) is 1.58. The molecule has 4 nitrogen and oxygen atoms in total. The van der Waals surface area contributed by atoms with Gasteiger partial charge in [0, 0.05) is 17.8 Å². The zero-order chi connectivity index (χ0) is 14.4. The summed E-state index contributed by atoms with van der Waals surface area (Å²) in [5, 5.41) is 8.56. The summed E-state index contributed by atoms with van der Waals surface area (Å²) in [5.41, 5.74) is 1.33. The monoisotopic (exact) mass is 273 g/mol. The summed E-state index contributed by atoms with van der Waals surface area (Å²) in [7, 11) is 0. The number of halogens is 1. The highest BCUT2D eigenvalue weighted by Gasteiger charge is 1.99. The molecule has 2 rings (SSSR count). The van der Waals surface area contributed by atoms with Crippen molar-refractivity contribution in [2.75, 3.05) is 0 Å². The van der Waals surface area contributed by atoms with Crippen molar-refractivity contribution in [3.8, 4) is 5.75 Å². The number of aromatic nitrogens is 1. The van der Waals surface area contributed by atoms with E-state index in [9.17, 15) is 9.18 Å². The van der Waals surface area contributed by atoms with Crippen LogP contribution >= 0.6 is 0 Å². The molecule has 0 radical (unpaired) electrons. The SMILES string of the molecule is O=C(O)/C=C/c1cccc(OCc2cncc(F)c2)c1. The molecule has 102 valence electrons. The Kier molecular flexibility index (Phi) is 4.44. The van der Waals surface area contributed by atoms with E-state index in [-0.39, 0.29) is 6.61 Å². The Morgan fingerprint density at radius 2 is 2.20 bits per heavy atom. The van der Waals surface area contributed by atoms with Crippen LogP contribution in [-0.2, 0) is 11.4 Å². The smallest absolute Gasteiger partial charge is 0.328 e. The highest BCUT2D eigenvalue weighted by molar-refractivity contribution is 5.85. The van der Waals surface area contributed by atoms with E-state index in [1.807, 2.05) is 0 Å². The number of carbonyl (C=O) groups is 1. The Balaban J connectivity index is 2.03. The predicted molar refractivity (Wildman–Crippen MR) is 71.6 cm³/mol. The second-order valence-corrected chi connectivity index (χ2v) is 4.04. The molecule has 0 bridgehead atoms. The van der Waals surface area contributed by atoms with Crippen molar-refractivity contribution >= 4 is 12.0 Å². The molecular formula is C15H12FNO3. The lowest BCUT2D eigenvalue weighted by atomic mass is 10.2. The molecule has 0 saturated carbocycles. The van der Waals surface area contributed by atoms with E-state index in [0.29, 0.717) is 16.9 Å². The van der Waals surface area contributed by atoms with E-state index in [2.05, 4.69) is 4.98 Å². The molecule has 0 amide bonds. The van der Waals surface area contributed by atoms with Crippen molar-refractivity contribution in [1.29, 1.82) is 0 Å². The Labute approximate surface area is 115 Å². The first kappa shape index (κ1) is 13.7. The maximum Gasteiger partial charge on any atom is 0.328 e. The zero-order valence-corrected chi connectivity index (χ0v) is 10.5. The Bertz CT molecular complexity index is 641. The lowest BCUT2D eigenvalue weighted by Crippen LogP contribution is -1.97. The first-order chi connectivity index (χ1) is 9.63. The molecule has 1 N–H and O–H groups in total. The summed E-state index contributed by atoms with van der Waals surface area (Å²) in [5.74, 6) is -0.854. The average Bonchev–Trinajstić information content (AvgIpc) is 2.43. The van der Waals surface area contributed by atoms with Gasteiger partial charge in [-0.2, -0.15) is 0 Å². The molecule has 0 aliphatic heterocycles. The lowest BCUT2D eigenvalue weighted by Gasteiger charge is -2.06. The number of ether oxygens (including phenoxy) is 1. The number of hydrogen-bond donors (Lipinski definition) is 1. The molecule has 0 fully saturated rings. The number of carboxylic acids is 1. The quantitative estimate of drug-likeness (QED) is 0.851. The summed E-state index contributed by atoms with van der Waals surface area (Å²) < 4.78 is 18.5. The number of nitrogens with zero attached hydrogens (tertiary/aromatic N) is 1. The predicted octanol–water partition coefficient (Wildman–Crippen LogP) is 2.90. The summed E-state index contributed by atoms with van der Waals surface area (Å²) in [6, 6.07) is 8.30. The third-order valence-corrected chi connectivity index (χ3v) is 2.44. The van der Waals surface area contributed by atoms with E-state index >= 15 is 0 Å². The van der Waals surface area contributed by atoms with E-state index < -0.39 is 11.8 Å². The number of hydrogen-bond acceptors (Lipinski definition) is 3. The molecule has 0 atom stereocenters.